The highest BCUT2D eigenvalue weighted by Gasteiger charge is 2.18. The van der Waals surface area contributed by atoms with Crippen LogP contribution in [0.1, 0.15) is 28.5 Å². The van der Waals surface area contributed by atoms with Crippen LogP contribution < -0.4 is 10.5 Å². The van der Waals surface area contributed by atoms with E-state index in [-0.39, 0.29) is 29.1 Å². The van der Waals surface area contributed by atoms with Gasteiger partial charge in [0.05, 0.1) is 10.9 Å². The third-order valence-electron chi connectivity index (χ3n) is 4.23. The summed E-state index contributed by atoms with van der Waals surface area (Å²) in [6.45, 7) is 0. The van der Waals surface area contributed by atoms with Crippen molar-refractivity contribution in [2.24, 2.45) is 5.14 Å². The van der Waals surface area contributed by atoms with Gasteiger partial charge in [0.15, 0.2) is 0 Å². The Bertz CT molecular complexity index is 1030. The van der Waals surface area contributed by atoms with Crippen LogP contribution in [0.15, 0.2) is 70.9 Å². The molecule has 0 saturated heterocycles. The molecule has 0 bridgehead atoms. The number of thiophene rings is 1. The molecule has 1 aromatic heterocycles. The van der Waals surface area contributed by atoms with Gasteiger partial charge < -0.3 is 5.32 Å². The fourth-order valence-corrected chi connectivity index (χ4v) is 4.08. The molecule has 3 aromatic rings. The highest BCUT2D eigenvalue weighted by Crippen LogP contribution is 2.26. The lowest BCUT2D eigenvalue weighted by atomic mass is 10.0. The van der Waals surface area contributed by atoms with Crippen LogP contribution in [-0.4, -0.2) is 14.3 Å². The normalized spacial score (nSPS) is 12.5. The van der Waals surface area contributed by atoms with Crippen LogP contribution in [0.2, 0.25) is 0 Å². The lowest BCUT2D eigenvalue weighted by Crippen LogP contribution is -2.29. The summed E-state index contributed by atoms with van der Waals surface area (Å²) >= 11 is 1.51. The Morgan fingerprint density at radius 2 is 1.75 bits per heavy atom. The number of rotatable bonds is 7. The maximum absolute atomic E-state index is 13.2. The molecular weight excluding hydrogens is 399 g/mol. The number of hydrogen-bond donors (Lipinski definition) is 2. The Morgan fingerprint density at radius 3 is 2.32 bits per heavy atom. The van der Waals surface area contributed by atoms with Crippen LogP contribution in [0.3, 0.4) is 0 Å². The van der Waals surface area contributed by atoms with E-state index in [2.05, 4.69) is 5.32 Å². The van der Waals surface area contributed by atoms with Crippen molar-refractivity contribution in [2.75, 3.05) is 0 Å². The van der Waals surface area contributed by atoms with Crippen LogP contribution in [0, 0.1) is 5.82 Å². The smallest absolute Gasteiger partial charge is 0.238 e. The molecular formula is C20H19FN2O3S2. The Hall–Kier alpha value is -2.55. The number of carbonyl (C=O) groups excluding carboxylic acids is 1. The minimum atomic E-state index is -3.73. The molecule has 0 spiro atoms. The molecule has 3 rings (SSSR count). The highest BCUT2D eigenvalue weighted by atomic mass is 32.2. The molecule has 1 atom stereocenters. The van der Waals surface area contributed by atoms with Crippen molar-refractivity contribution in [3.8, 4) is 0 Å². The van der Waals surface area contributed by atoms with E-state index in [1.54, 1.807) is 24.3 Å². The molecule has 0 aliphatic carbocycles. The molecule has 146 valence electrons. The van der Waals surface area contributed by atoms with E-state index in [4.69, 9.17) is 5.14 Å². The second-order valence-electron chi connectivity index (χ2n) is 6.26. The van der Waals surface area contributed by atoms with Crippen LogP contribution in [0.25, 0.3) is 0 Å². The average molecular weight is 419 g/mol. The number of nitrogens with two attached hydrogens (primary N) is 1. The number of amides is 1. The molecule has 3 N–H and O–H groups in total. The van der Waals surface area contributed by atoms with E-state index in [9.17, 15) is 17.6 Å². The number of aryl methyl sites for hydroxylation is 1. The first-order valence-corrected chi connectivity index (χ1v) is 11.0. The minimum Gasteiger partial charge on any atom is -0.344 e. The zero-order valence-electron chi connectivity index (χ0n) is 14.8. The number of hydrogen-bond acceptors (Lipinski definition) is 4. The fourth-order valence-electron chi connectivity index (χ4n) is 2.77. The summed E-state index contributed by atoms with van der Waals surface area (Å²) in [6.07, 6.45) is 0.690. The number of sulfonamides is 1. The predicted molar refractivity (Wildman–Crippen MR) is 107 cm³/mol. The van der Waals surface area contributed by atoms with Gasteiger partial charge in [-0.05, 0) is 53.3 Å². The van der Waals surface area contributed by atoms with Gasteiger partial charge in [-0.1, -0.05) is 30.3 Å². The van der Waals surface area contributed by atoms with Crippen molar-refractivity contribution in [1.29, 1.82) is 0 Å². The van der Waals surface area contributed by atoms with Gasteiger partial charge in [-0.25, -0.2) is 17.9 Å². The zero-order valence-corrected chi connectivity index (χ0v) is 16.5. The van der Waals surface area contributed by atoms with Gasteiger partial charge >= 0.3 is 0 Å². The summed E-state index contributed by atoms with van der Waals surface area (Å²) in [7, 11) is -3.73. The molecule has 1 amide bonds. The van der Waals surface area contributed by atoms with Crippen LogP contribution in [0.5, 0.6) is 0 Å². The Balaban J connectivity index is 1.66. The quantitative estimate of drug-likeness (QED) is 0.616. The Kier molecular flexibility index (Phi) is 6.23. The molecule has 8 heteroatoms. The van der Waals surface area contributed by atoms with Crippen molar-refractivity contribution in [2.45, 2.75) is 23.8 Å². The largest absolute Gasteiger partial charge is 0.344 e. The van der Waals surface area contributed by atoms with E-state index >= 15 is 0 Å². The highest BCUT2D eigenvalue weighted by molar-refractivity contribution is 7.89. The first-order chi connectivity index (χ1) is 13.3. The van der Waals surface area contributed by atoms with Crippen LogP contribution in [-0.2, 0) is 21.2 Å². The molecule has 0 fully saturated rings. The van der Waals surface area contributed by atoms with Crippen molar-refractivity contribution >= 4 is 27.3 Å². The maximum Gasteiger partial charge on any atom is 0.238 e. The monoisotopic (exact) mass is 418 g/mol. The molecule has 28 heavy (non-hydrogen) atoms. The number of benzene rings is 2. The second-order valence-corrected chi connectivity index (χ2v) is 8.80. The van der Waals surface area contributed by atoms with E-state index in [1.165, 1.54) is 35.6 Å². The van der Waals surface area contributed by atoms with E-state index in [1.807, 2.05) is 17.5 Å². The van der Waals surface area contributed by atoms with Crippen molar-refractivity contribution < 1.29 is 17.6 Å². The standard InChI is InChI=1S/C20H19FN2O3S2/c21-16-8-6-15(7-9-16)20(18-2-1-13-27-18)23-19(24)12-5-14-3-10-17(11-4-14)28(22,25)26/h1-4,6-11,13,20H,5,12H2,(H,23,24)(H2,22,25,26)/t20-/m0/s1. The third kappa shape index (κ3) is 5.25. The predicted octanol–water partition coefficient (Wildman–Crippen LogP) is 3.37. The van der Waals surface area contributed by atoms with Gasteiger partial charge in [0.2, 0.25) is 15.9 Å². The minimum absolute atomic E-state index is 0.0368. The third-order valence-corrected chi connectivity index (χ3v) is 6.10. The molecule has 1 heterocycles. The molecule has 2 aromatic carbocycles. The summed E-state index contributed by atoms with van der Waals surface area (Å²) in [4.78, 5) is 13.5. The Morgan fingerprint density at radius 1 is 1.07 bits per heavy atom. The topological polar surface area (TPSA) is 89.3 Å². The molecule has 0 aliphatic rings. The van der Waals surface area contributed by atoms with Crippen molar-refractivity contribution in [1.82, 2.24) is 5.32 Å². The molecule has 0 unspecified atom stereocenters. The lowest BCUT2D eigenvalue weighted by molar-refractivity contribution is -0.121. The van der Waals surface area contributed by atoms with Gasteiger partial charge in [-0.2, -0.15) is 0 Å². The number of carbonyl (C=O) groups is 1. The summed E-state index contributed by atoms with van der Waals surface area (Å²) in [5, 5.41) is 10.00. The first kappa shape index (κ1) is 20.2. The molecule has 5 nitrogen and oxygen atoms in total. The molecule has 0 aliphatic heterocycles. The van der Waals surface area contributed by atoms with E-state index < -0.39 is 10.0 Å². The number of primary sulfonamides is 1. The van der Waals surface area contributed by atoms with Crippen LogP contribution >= 0.6 is 11.3 Å². The summed E-state index contributed by atoms with van der Waals surface area (Å²) in [5.74, 6) is -0.485. The molecule has 0 radical (unpaired) electrons. The summed E-state index contributed by atoms with van der Waals surface area (Å²) < 4.78 is 35.8. The summed E-state index contributed by atoms with van der Waals surface area (Å²) in [6, 6.07) is 15.7. The van der Waals surface area contributed by atoms with Gasteiger partial charge in [-0.15, -0.1) is 11.3 Å². The van der Waals surface area contributed by atoms with E-state index in [0.29, 0.717) is 6.42 Å². The zero-order chi connectivity index (χ0) is 20.1. The van der Waals surface area contributed by atoms with E-state index in [0.717, 1.165) is 16.0 Å². The maximum atomic E-state index is 13.2. The van der Waals surface area contributed by atoms with Crippen LogP contribution in [0.4, 0.5) is 4.39 Å². The van der Waals surface area contributed by atoms with Gasteiger partial charge in [0.25, 0.3) is 0 Å². The van der Waals surface area contributed by atoms with Crippen molar-refractivity contribution in [3.05, 3.63) is 87.9 Å². The first-order valence-electron chi connectivity index (χ1n) is 8.53. The Labute approximate surface area is 167 Å². The van der Waals surface area contributed by atoms with Gasteiger partial charge in [0.1, 0.15) is 5.82 Å². The van der Waals surface area contributed by atoms with Gasteiger partial charge in [0, 0.05) is 11.3 Å². The van der Waals surface area contributed by atoms with Gasteiger partial charge in [-0.3, -0.25) is 4.79 Å². The summed E-state index contributed by atoms with van der Waals surface area (Å²) in [5.41, 5.74) is 1.63. The average Bonchev–Trinajstić information content (AvgIpc) is 3.19. The van der Waals surface area contributed by atoms with Crippen molar-refractivity contribution in [3.63, 3.8) is 0 Å². The second kappa shape index (κ2) is 8.64. The SMILES string of the molecule is NS(=O)(=O)c1ccc(CCC(=O)N[C@@H](c2ccc(F)cc2)c2cccs2)cc1. The molecule has 0 saturated carbocycles. The lowest BCUT2D eigenvalue weighted by Gasteiger charge is -2.18. The fraction of sp³-hybridized carbons (Fsp3) is 0.150. The number of halogens is 1. The number of nitrogens with one attached hydrogen (secondary N) is 1.